The Morgan fingerprint density at radius 3 is 2.55 bits per heavy atom. The quantitative estimate of drug-likeness (QED) is 0.332. The van der Waals surface area contributed by atoms with Crippen LogP contribution in [0.3, 0.4) is 0 Å². The lowest BCUT2D eigenvalue weighted by Crippen LogP contribution is -2.19. The van der Waals surface area contributed by atoms with Gasteiger partial charge in [-0.05, 0) is 72.8 Å². The van der Waals surface area contributed by atoms with Gasteiger partial charge in [-0.1, -0.05) is 53.0 Å². The summed E-state index contributed by atoms with van der Waals surface area (Å²) in [4.78, 5) is 17.2. The van der Waals surface area contributed by atoms with E-state index in [1.165, 1.54) is 24.3 Å². The Hall–Kier alpha value is -2.78. The molecule has 1 saturated heterocycles. The van der Waals surface area contributed by atoms with E-state index in [2.05, 4.69) is 10.3 Å². The zero-order valence-electron chi connectivity index (χ0n) is 17.1. The number of hydrogen-bond acceptors (Lipinski definition) is 6. The fourth-order valence-corrected chi connectivity index (χ4v) is 4.93. The molecule has 0 atom stereocenters. The maximum Gasteiger partial charge on any atom is 0.339 e. The molecule has 6 nitrogen and oxygen atoms in total. The second-order valence-corrected chi connectivity index (χ2v) is 10.4. The van der Waals surface area contributed by atoms with Gasteiger partial charge in [-0.15, -0.1) is 0 Å². The molecular weight excluding hydrogens is 503 g/mol. The number of aryl methyl sites for hydroxylation is 1. The maximum atomic E-state index is 12.5. The van der Waals surface area contributed by atoms with Crippen molar-refractivity contribution in [3.05, 3.63) is 92.8 Å². The number of halogens is 2. The number of nitrogens with zero attached hydrogens (tertiary/aromatic N) is 1. The zero-order chi connectivity index (χ0) is 23.6. The van der Waals surface area contributed by atoms with Gasteiger partial charge in [0.05, 0.1) is 15.6 Å². The summed E-state index contributed by atoms with van der Waals surface area (Å²) < 4.78 is 30.4. The number of benzene rings is 3. The van der Waals surface area contributed by atoms with Crippen molar-refractivity contribution in [2.75, 3.05) is 0 Å². The zero-order valence-corrected chi connectivity index (χ0v) is 20.2. The van der Waals surface area contributed by atoms with E-state index in [4.69, 9.17) is 27.4 Å². The molecule has 168 valence electrons. The van der Waals surface area contributed by atoms with Crippen molar-refractivity contribution in [3.8, 4) is 5.75 Å². The van der Waals surface area contributed by atoms with Crippen LogP contribution in [0.15, 0.2) is 81.5 Å². The highest BCUT2D eigenvalue weighted by molar-refractivity contribution is 8.18. The Morgan fingerprint density at radius 2 is 1.79 bits per heavy atom. The molecule has 0 radical (unpaired) electrons. The lowest BCUT2D eigenvalue weighted by molar-refractivity contribution is -0.115. The summed E-state index contributed by atoms with van der Waals surface area (Å²) in [7, 11) is -3.98. The number of amides is 1. The minimum absolute atomic E-state index is 0.0584. The van der Waals surface area contributed by atoms with E-state index >= 15 is 0 Å². The molecule has 1 N–H and O–H groups in total. The molecule has 1 amide bonds. The Bertz CT molecular complexity index is 1400. The first-order chi connectivity index (χ1) is 15.7. The molecule has 1 fully saturated rings. The van der Waals surface area contributed by atoms with E-state index in [-0.39, 0.29) is 16.6 Å². The van der Waals surface area contributed by atoms with Crippen molar-refractivity contribution in [2.24, 2.45) is 4.99 Å². The third kappa shape index (κ3) is 5.78. The average Bonchev–Trinajstić information content (AvgIpc) is 3.09. The minimum atomic E-state index is -3.98. The second kappa shape index (κ2) is 9.61. The van der Waals surface area contributed by atoms with E-state index < -0.39 is 10.1 Å². The first kappa shape index (κ1) is 23.4. The van der Waals surface area contributed by atoms with E-state index in [0.717, 1.165) is 17.3 Å². The largest absolute Gasteiger partial charge is 0.379 e. The van der Waals surface area contributed by atoms with Crippen molar-refractivity contribution in [3.63, 3.8) is 0 Å². The Morgan fingerprint density at radius 1 is 1.03 bits per heavy atom. The minimum Gasteiger partial charge on any atom is -0.379 e. The summed E-state index contributed by atoms with van der Waals surface area (Å²) >= 11 is 13.2. The first-order valence-electron chi connectivity index (χ1n) is 9.55. The second-order valence-electron chi connectivity index (χ2n) is 7.00. The third-order valence-electron chi connectivity index (χ3n) is 4.45. The van der Waals surface area contributed by atoms with Gasteiger partial charge in [-0.2, -0.15) is 8.42 Å². The molecule has 0 aliphatic carbocycles. The van der Waals surface area contributed by atoms with Crippen LogP contribution in [-0.2, 0) is 14.9 Å². The molecule has 0 saturated carbocycles. The predicted molar refractivity (Wildman–Crippen MR) is 133 cm³/mol. The molecule has 4 rings (SSSR count). The lowest BCUT2D eigenvalue weighted by atomic mass is 10.2. The van der Waals surface area contributed by atoms with Crippen LogP contribution in [-0.4, -0.2) is 19.5 Å². The van der Waals surface area contributed by atoms with Gasteiger partial charge in [0.25, 0.3) is 5.91 Å². The highest BCUT2D eigenvalue weighted by atomic mass is 35.5. The maximum absolute atomic E-state index is 12.5. The van der Waals surface area contributed by atoms with E-state index in [9.17, 15) is 13.2 Å². The summed E-state index contributed by atoms with van der Waals surface area (Å²) in [6.45, 7) is 1.87. The average molecular weight is 519 g/mol. The van der Waals surface area contributed by atoms with Gasteiger partial charge in [0.2, 0.25) is 0 Å². The van der Waals surface area contributed by atoms with Crippen molar-refractivity contribution < 1.29 is 17.4 Å². The van der Waals surface area contributed by atoms with Crippen LogP contribution in [0.2, 0.25) is 10.0 Å². The molecule has 1 heterocycles. The summed E-state index contributed by atoms with van der Waals surface area (Å²) in [5, 5.41) is 3.90. The number of carbonyl (C=O) groups excluding carboxylic acids is 1. The molecule has 33 heavy (non-hydrogen) atoms. The van der Waals surface area contributed by atoms with Gasteiger partial charge in [-0.3, -0.25) is 4.79 Å². The number of thioether (sulfide) groups is 1. The van der Waals surface area contributed by atoms with Crippen LogP contribution in [0.5, 0.6) is 5.75 Å². The Balaban J connectivity index is 1.54. The van der Waals surface area contributed by atoms with Crippen LogP contribution in [0.1, 0.15) is 11.1 Å². The normalized spacial score (nSPS) is 16.3. The molecular formula is C23H16Cl2N2O4S2. The number of rotatable bonds is 5. The van der Waals surface area contributed by atoms with E-state index in [1.807, 2.05) is 6.92 Å². The van der Waals surface area contributed by atoms with Gasteiger partial charge in [-0.25, -0.2) is 4.99 Å². The Kier molecular flexibility index (Phi) is 6.81. The van der Waals surface area contributed by atoms with Crippen LogP contribution >= 0.6 is 35.0 Å². The summed E-state index contributed by atoms with van der Waals surface area (Å²) in [5.74, 6) is -0.205. The van der Waals surface area contributed by atoms with Crippen molar-refractivity contribution in [1.82, 2.24) is 5.32 Å². The van der Waals surface area contributed by atoms with Crippen LogP contribution in [0.25, 0.3) is 6.08 Å². The smallest absolute Gasteiger partial charge is 0.339 e. The van der Waals surface area contributed by atoms with Crippen LogP contribution < -0.4 is 9.50 Å². The van der Waals surface area contributed by atoms with Crippen molar-refractivity contribution in [2.45, 2.75) is 11.8 Å². The van der Waals surface area contributed by atoms with E-state index in [1.54, 1.807) is 48.5 Å². The highest BCUT2D eigenvalue weighted by Gasteiger charge is 2.24. The van der Waals surface area contributed by atoms with Crippen molar-refractivity contribution in [1.29, 1.82) is 0 Å². The molecule has 1 aliphatic heterocycles. The van der Waals surface area contributed by atoms with Gasteiger partial charge in [0, 0.05) is 5.02 Å². The predicted octanol–water partition coefficient (Wildman–Crippen LogP) is 5.96. The molecule has 10 heteroatoms. The molecule has 0 bridgehead atoms. The third-order valence-corrected chi connectivity index (χ3v) is 7.18. The van der Waals surface area contributed by atoms with Gasteiger partial charge in [0.15, 0.2) is 5.17 Å². The fraction of sp³-hybridized carbons (Fsp3) is 0.0435. The van der Waals surface area contributed by atoms with E-state index in [0.29, 0.717) is 31.4 Å². The van der Waals surface area contributed by atoms with Gasteiger partial charge >= 0.3 is 10.1 Å². The molecule has 0 spiro atoms. The number of nitrogens with one attached hydrogen (secondary N) is 1. The first-order valence-corrected chi connectivity index (χ1v) is 12.5. The van der Waals surface area contributed by atoms with Crippen molar-refractivity contribution >= 4 is 67.9 Å². The molecule has 3 aromatic rings. The number of amidine groups is 1. The van der Waals surface area contributed by atoms with Crippen LogP contribution in [0.4, 0.5) is 5.69 Å². The number of aliphatic imine (C=N–C) groups is 1. The summed E-state index contributed by atoms with van der Waals surface area (Å²) in [6, 6.07) is 17.7. The molecule has 0 unspecified atom stereocenters. The summed E-state index contributed by atoms with van der Waals surface area (Å²) in [6.07, 6.45) is 1.62. The monoisotopic (exact) mass is 518 g/mol. The highest BCUT2D eigenvalue weighted by Crippen LogP contribution is 2.33. The molecule has 3 aromatic carbocycles. The topological polar surface area (TPSA) is 84.8 Å². The van der Waals surface area contributed by atoms with Gasteiger partial charge in [0.1, 0.15) is 10.6 Å². The summed E-state index contributed by atoms with van der Waals surface area (Å²) in [5.41, 5.74) is 1.96. The molecule has 0 aromatic heterocycles. The fourth-order valence-electron chi connectivity index (χ4n) is 2.85. The molecule has 1 aliphatic rings. The lowest BCUT2D eigenvalue weighted by Gasteiger charge is -2.08. The van der Waals surface area contributed by atoms with Gasteiger partial charge < -0.3 is 9.50 Å². The van der Waals surface area contributed by atoms with Crippen LogP contribution in [0, 0.1) is 6.92 Å². The Labute approximate surface area is 205 Å². The number of hydrogen-bond donors (Lipinski definition) is 1. The standard InChI is InChI=1S/C23H16Cl2N2O4S2/c1-14-5-8-18(9-6-14)33(29,30)31-17-4-2-3-15(11-17)12-21-22(28)27-23(32-21)26-20-13-16(24)7-10-19(20)25/h2-13H,1H3,(H,26,27,28)/b21-12+. The number of carbonyl (C=O) groups is 1. The SMILES string of the molecule is Cc1ccc(S(=O)(=O)Oc2cccc(/C=C3/SC(=Nc4cc(Cl)ccc4Cl)NC3=O)c2)cc1.